The minimum Gasteiger partial charge on any atom is -1.00 e. The molecule has 9 heteroatoms. The summed E-state index contributed by atoms with van der Waals surface area (Å²) in [5.74, 6) is 0. The van der Waals surface area contributed by atoms with Crippen LogP contribution in [0.4, 0.5) is 0 Å². The first kappa shape index (κ1) is 29.8. The maximum atomic E-state index is 8.74. The van der Waals surface area contributed by atoms with Gasteiger partial charge in [-0.15, -0.1) is 12.4 Å². The molecule has 2 N–H and O–H groups in total. The number of halogens is 1. The van der Waals surface area contributed by atoms with E-state index < -0.39 is 10.4 Å². The molecule has 9 heavy (non-hydrogen) atoms. The Bertz CT molecular complexity index is 109. The molecular weight excluding hydrogens is 243 g/mol. The standard InChI is InChI=1S/ClH.2Na.H2O4S.Zn.2H/c;;;1-5(2,3)4;;;/h1H;;;(H2,1,2,3,4);;;/q;2*+1;;;2*-1. The number of rotatable bonds is 0. The van der Waals surface area contributed by atoms with Gasteiger partial charge < -0.3 is 2.85 Å². The van der Waals surface area contributed by atoms with Crippen molar-refractivity contribution in [3.63, 3.8) is 0 Å². The molecule has 0 fully saturated rings. The predicted molar refractivity (Wildman–Crippen MR) is 23.6 cm³/mol. The largest absolute Gasteiger partial charge is 1.00 e. The van der Waals surface area contributed by atoms with Gasteiger partial charge in [0.25, 0.3) is 0 Å². The Hall–Kier alpha value is 2.78. The van der Waals surface area contributed by atoms with Crippen LogP contribution in [0, 0.1) is 0 Å². The van der Waals surface area contributed by atoms with Crippen molar-refractivity contribution in [1.29, 1.82) is 0 Å². The van der Waals surface area contributed by atoms with Crippen LogP contribution < -0.4 is 59.1 Å². The van der Waals surface area contributed by atoms with Crippen LogP contribution in [-0.4, -0.2) is 17.5 Å². The molecule has 0 radical (unpaired) electrons. The molecule has 0 aliphatic heterocycles. The fraction of sp³-hybridized carbons (Fsp3) is 0. The van der Waals surface area contributed by atoms with Crippen LogP contribution in [0.1, 0.15) is 2.85 Å². The van der Waals surface area contributed by atoms with E-state index in [1.165, 1.54) is 0 Å². The van der Waals surface area contributed by atoms with Gasteiger partial charge in [-0.1, -0.05) is 0 Å². The molecule has 0 aliphatic carbocycles. The molecule has 0 heterocycles. The topological polar surface area (TPSA) is 74.6 Å². The zero-order valence-corrected chi connectivity index (χ0v) is 13.8. The molecule has 0 bridgehead atoms. The minimum absolute atomic E-state index is 0. The van der Waals surface area contributed by atoms with Crippen molar-refractivity contribution in [2.75, 3.05) is 0 Å². The summed E-state index contributed by atoms with van der Waals surface area (Å²) in [6, 6.07) is 0. The average Bonchev–Trinajstić information content (AvgIpc) is 0.722. The predicted octanol–water partition coefficient (Wildman–Crippen LogP) is -6.00. The van der Waals surface area contributed by atoms with Crippen molar-refractivity contribution >= 4 is 22.8 Å². The molecule has 0 saturated carbocycles. The summed E-state index contributed by atoms with van der Waals surface area (Å²) in [6.45, 7) is 0. The molecule has 0 aliphatic rings. The van der Waals surface area contributed by atoms with E-state index in [1.807, 2.05) is 0 Å². The fourth-order valence-electron chi connectivity index (χ4n) is 0. The van der Waals surface area contributed by atoms with Crippen molar-refractivity contribution in [3.8, 4) is 0 Å². The Morgan fingerprint density at radius 1 is 1.11 bits per heavy atom. The van der Waals surface area contributed by atoms with Crippen LogP contribution in [-0.2, 0) is 29.9 Å². The van der Waals surface area contributed by atoms with E-state index in [4.69, 9.17) is 17.5 Å². The normalized spacial score (nSPS) is 6.44. The van der Waals surface area contributed by atoms with Crippen molar-refractivity contribution in [2.45, 2.75) is 0 Å². The van der Waals surface area contributed by atoms with E-state index in [2.05, 4.69) is 0 Å². The second-order valence-corrected chi connectivity index (χ2v) is 1.34. The Morgan fingerprint density at radius 2 is 1.11 bits per heavy atom. The van der Waals surface area contributed by atoms with Gasteiger partial charge in [0.15, 0.2) is 0 Å². The Kier molecular flexibility index (Phi) is 44.3. The van der Waals surface area contributed by atoms with E-state index >= 15 is 0 Å². The Labute approximate surface area is 120 Å². The second-order valence-electron chi connectivity index (χ2n) is 0.448. The van der Waals surface area contributed by atoms with Gasteiger partial charge in [-0.25, -0.2) is 0 Å². The minimum atomic E-state index is -4.67. The molecule has 0 saturated heterocycles. The van der Waals surface area contributed by atoms with Crippen LogP contribution >= 0.6 is 12.4 Å². The number of hydrogen-bond acceptors (Lipinski definition) is 2. The van der Waals surface area contributed by atoms with Crippen molar-refractivity contribution < 1.29 is 99.0 Å². The molecule has 0 unspecified atom stereocenters. The Balaban J connectivity index is -0.00000000533. The van der Waals surface area contributed by atoms with E-state index in [9.17, 15) is 0 Å². The third kappa shape index (κ3) is 107. The summed E-state index contributed by atoms with van der Waals surface area (Å²) in [5.41, 5.74) is 0. The maximum absolute atomic E-state index is 8.74. The fourth-order valence-corrected chi connectivity index (χ4v) is 0. The smallest absolute Gasteiger partial charge is 1.00 e. The molecule has 0 rings (SSSR count). The molecule has 0 aromatic heterocycles. The Morgan fingerprint density at radius 3 is 1.11 bits per heavy atom. The zero-order valence-electron chi connectivity index (χ0n) is 7.23. The van der Waals surface area contributed by atoms with Gasteiger partial charge in [-0.05, 0) is 0 Å². The van der Waals surface area contributed by atoms with Gasteiger partial charge >= 0.3 is 69.5 Å². The summed E-state index contributed by atoms with van der Waals surface area (Å²) >= 11 is 0. The van der Waals surface area contributed by atoms with Crippen LogP contribution in [0.25, 0.3) is 0 Å². The van der Waals surface area contributed by atoms with Gasteiger partial charge in [-0.2, -0.15) is 8.42 Å². The first-order valence-electron chi connectivity index (χ1n) is 0.698. The molecule has 4 nitrogen and oxygen atoms in total. The maximum Gasteiger partial charge on any atom is 1.00 e. The summed E-state index contributed by atoms with van der Waals surface area (Å²) in [4.78, 5) is 0. The summed E-state index contributed by atoms with van der Waals surface area (Å²) < 4.78 is 31.6. The van der Waals surface area contributed by atoms with Crippen LogP contribution in [0.3, 0.4) is 0 Å². The van der Waals surface area contributed by atoms with Crippen molar-refractivity contribution in [1.82, 2.24) is 0 Å². The van der Waals surface area contributed by atoms with Crippen LogP contribution in [0.2, 0.25) is 0 Å². The summed E-state index contributed by atoms with van der Waals surface area (Å²) in [7, 11) is -4.67. The summed E-state index contributed by atoms with van der Waals surface area (Å²) in [6.07, 6.45) is 0. The van der Waals surface area contributed by atoms with Gasteiger partial charge in [-0.3, -0.25) is 9.11 Å². The molecule has 0 aromatic carbocycles. The SMILES string of the molecule is Cl.O=S(=O)(O)O.[H-].[H-].[Na+].[Na+].[Zn]. The van der Waals surface area contributed by atoms with Crippen molar-refractivity contribution in [3.05, 3.63) is 0 Å². The second kappa shape index (κ2) is 13.4. The molecule has 0 aromatic rings. The molecule has 0 amide bonds. The van der Waals surface area contributed by atoms with Gasteiger partial charge in [0.2, 0.25) is 0 Å². The molecule has 0 atom stereocenters. The third-order valence-corrected chi connectivity index (χ3v) is 0. The quantitative estimate of drug-likeness (QED) is 0.330. The monoisotopic (exact) mass is 246 g/mol. The van der Waals surface area contributed by atoms with Crippen LogP contribution in [0.5, 0.6) is 0 Å². The van der Waals surface area contributed by atoms with E-state index in [0.717, 1.165) is 0 Å². The van der Waals surface area contributed by atoms with E-state index in [-0.39, 0.29) is 93.9 Å². The molecule has 46 valence electrons. The van der Waals surface area contributed by atoms with Gasteiger partial charge in [0.05, 0.1) is 0 Å². The third-order valence-electron chi connectivity index (χ3n) is 0. The number of hydrogen-bond donors (Lipinski definition) is 2. The molecule has 0 spiro atoms. The summed E-state index contributed by atoms with van der Waals surface area (Å²) in [5, 5.41) is 0. The van der Waals surface area contributed by atoms with E-state index in [0.29, 0.717) is 0 Å². The van der Waals surface area contributed by atoms with Gasteiger partial charge in [0.1, 0.15) is 0 Å². The average molecular weight is 248 g/mol. The van der Waals surface area contributed by atoms with Gasteiger partial charge in [0, 0.05) is 19.5 Å². The van der Waals surface area contributed by atoms with Crippen molar-refractivity contribution in [2.24, 2.45) is 0 Å². The molecular formula is H5ClNa2O4SZn. The zero-order chi connectivity index (χ0) is 4.50. The first-order chi connectivity index (χ1) is 2.00. The van der Waals surface area contributed by atoms with Crippen LogP contribution in [0.15, 0.2) is 0 Å². The first-order valence-corrected chi connectivity index (χ1v) is 2.10. The van der Waals surface area contributed by atoms with E-state index in [1.54, 1.807) is 0 Å².